The van der Waals surface area contributed by atoms with Crippen LogP contribution in [0, 0.1) is 5.92 Å². The number of unbranched alkanes of at least 4 members (excludes halogenated alkanes) is 1. The molecule has 1 amide bonds. The summed E-state index contributed by atoms with van der Waals surface area (Å²) in [6, 6.07) is 0. The van der Waals surface area contributed by atoms with Crippen LogP contribution in [0.15, 0.2) is 12.7 Å². The van der Waals surface area contributed by atoms with E-state index in [-0.39, 0.29) is 18.3 Å². The quantitative estimate of drug-likeness (QED) is 0.432. The molecule has 0 heterocycles. The number of quaternary nitrogens is 1. The normalized spacial score (nSPS) is 12.5. The van der Waals surface area contributed by atoms with Crippen LogP contribution < -0.4 is 17.7 Å². The molecular weight excluding hydrogens is 236 g/mol. The van der Waals surface area contributed by atoms with Gasteiger partial charge in [-0.15, -0.1) is 0 Å². The maximum atomic E-state index is 11.0. The summed E-state index contributed by atoms with van der Waals surface area (Å²) >= 11 is 0. The third-order valence-electron chi connectivity index (χ3n) is 2.73. The average Bonchev–Trinajstić information content (AvgIpc) is 2.22. The average molecular weight is 263 g/mol. The van der Waals surface area contributed by atoms with Crippen LogP contribution >= 0.6 is 0 Å². The molecule has 0 fully saturated rings. The van der Waals surface area contributed by atoms with Gasteiger partial charge in [-0.05, 0) is 12.5 Å². The van der Waals surface area contributed by atoms with E-state index in [9.17, 15) is 4.79 Å². The van der Waals surface area contributed by atoms with Crippen molar-refractivity contribution in [2.24, 2.45) is 5.92 Å². The molecule has 3 nitrogen and oxygen atoms in total. The van der Waals surface area contributed by atoms with E-state index in [4.69, 9.17) is 0 Å². The standard InChI is InChI=1S/C13H26N2O.ClH/c1-6-8-9-15(4,5)11-12(3)10-14-13(16)7-2;/h7,12H,2,6,8-11H2,1,3-5H3;1H. The highest BCUT2D eigenvalue weighted by Crippen LogP contribution is 2.07. The molecule has 0 saturated carbocycles. The SMILES string of the molecule is C=CC(=O)NCC(C)C[N+](C)(C)CCCC.[Cl-]. The predicted molar refractivity (Wildman–Crippen MR) is 69.1 cm³/mol. The molecule has 0 saturated heterocycles. The molecule has 1 atom stereocenters. The molecule has 0 rings (SSSR count). The summed E-state index contributed by atoms with van der Waals surface area (Å²) in [7, 11) is 4.50. The van der Waals surface area contributed by atoms with E-state index < -0.39 is 0 Å². The minimum absolute atomic E-state index is 0. The monoisotopic (exact) mass is 262 g/mol. The second kappa shape index (κ2) is 9.49. The van der Waals surface area contributed by atoms with Gasteiger partial charge in [0.2, 0.25) is 5.91 Å². The van der Waals surface area contributed by atoms with E-state index in [2.05, 4.69) is 39.8 Å². The lowest BCUT2D eigenvalue weighted by molar-refractivity contribution is -0.893. The smallest absolute Gasteiger partial charge is 0.243 e. The lowest BCUT2D eigenvalue weighted by Crippen LogP contribution is -3.00. The number of hydrogen-bond donors (Lipinski definition) is 1. The van der Waals surface area contributed by atoms with Gasteiger partial charge in [0.05, 0.1) is 27.2 Å². The Kier molecular flexibility index (Phi) is 10.5. The predicted octanol–water partition coefficient (Wildman–Crippen LogP) is -1.19. The highest BCUT2D eigenvalue weighted by Gasteiger charge is 2.18. The van der Waals surface area contributed by atoms with Gasteiger partial charge in [-0.25, -0.2) is 0 Å². The molecule has 102 valence electrons. The van der Waals surface area contributed by atoms with Crippen molar-refractivity contribution in [2.75, 3.05) is 33.7 Å². The number of halogens is 1. The number of nitrogens with one attached hydrogen (secondary N) is 1. The molecule has 0 bridgehead atoms. The summed E-state index contributed by atoms with van der Waals surface area (Å²) in [4.78, 5) is 11.0. The first-order valence-corrected chi connectivity index (χ1v) is 6.13. The fraction of sp³-hybridized carbons (Fsp3) is 0.769. The third kappa shape index (κ3) is 10.3. The van der Waals surface area contributed by atoms with Crippen LogP contribution in [-0.4, -0.2) is 44.1 Å². The summed E-state index contributed by atoms with van der Waals surface area (Å²) in [5.41, 5.74) is 0. The van der Waals surface area contributed by atoms with Crippen LogP contribution in [0.5, 0.6) is 0 Å². The summed E-state index contributed by atoms with van der Waals surface area (Å²) < 4.78 is 1.03. The van der Waals surface area contributed by atoms with Gasteiger partial charge < -0.3 is 22.2 Å². The van der Waals surface area contributed by atoms with Crippen molar-refractivity contribution >= 4 is 5.91 Å². The highest BCUT2D eigenvalue weighted by molar-refractivity contribution is 5.86. The van der Waals surface area contributed by atoms with Gasteiger partial charge in [-0.2, -0.15) is 0 Å². The van der Waals surface area contributed by atoms with Gasteiger partial charge in [0.1, 0.15) is 0 Å². The highest BCUT2D eigenvalue weighted by atomic mass is 35.5. The Bertz CT molecular complexity index is 229. The fourth-order valence-electron chi connectivity index (χ4n) is 1.93. The number of carbonyl (C=O) groups is 1. The maximum absolute atomic E-state index is 11.0. The summed E-state index contributed by atoms with van der Waals surface area (Å²) in [6.07, 6.45) is 3.83. The summed E-state index contributed by atoms with van der Waals surface area (Å²) in [5.74, 6) is 0.418. The molecule has 0 radical (unpaired) electrons. The largest absolute Gasteiger partial charge is 1.00 e. The van der Waals surface area contributed by atoms with Crippen LogP contribution in [0.4, 0.5) is 0 Å². The van der Waals surface area contributed by atoms with E-state index in [1.807, 2.05) is 0 Å². The molecule has 0 aliphatic rings. The van der Waals surface area contributed by atoms with E-state index in [1.54, 1.807) is 0 Å². The van der Waals surface area contributed by atoms with Gasteiger partial charge in [0, 0.05) is 12.5 Å². The fourth-order valence-corrected chi connectivity index (χ4v) is 1.93. The van der Waals surface area contributed by atoms with Crippen molar-refractivity contribution in [1.82, 2.24) is 5.32 Å². The molecule has 4 heteroatoms. The summed E-state index contributed by atoms with van der Waals surface area (Å²) in [6.45, 7) is 10.9. The Hall–Kier alpha value is -0.540. The van der Waals surface area contributed by atoms with E-state index in [0.29, 0.717) is 5.92 Å². The first kappa shape index (κ1) is 18.8. The van der Waals surface area contributed by atoms with Crippen molar-refractivity contribution in [1.29, 1.82) is 0 Å². The van der Waals surface area contributed by atoms with Crippen molar-refractivity contribution in [2.45, 2.75) is 26.7 Å². The molecule has 0 aromatic carbocycles. The molecule has 0 aromatic rings. The molecule has 0 spiro atoms. The number of carbonyl (C=O) groups excluding carboxylic acids is 1. The van der Waals surface area contributed by atoms with Crippen LogP contribution in [0.2, 0.25) is 0 Å². The maximum Gasteiger partial charge on any atom is 0.243 e. The zero-order valence-electron chi connectivity index (χ0n) is 11.6. The Labute approximate surface area is 112 Å². The first-order valence-electron chi connectivity index (χ1n) is 6.13. The minimum Gasteiger partial charge on any atom is -1.00 e. The van der Waals surface area contributed by atoms with E-state index >= 15 is 0 Å². The van der Waals surface area contributed by atoms with Crippen molar-refractivity contribution in [3.8, 4) is 0 Å². The molecule has 0 aliphatic heterocycles. The van der Waals surface area contributed by atoms with Gasteiger partial charge in [0.15, 0.2) is 0 Å². The van der Waals surface area contributed by atoms with Gasteiger partial charge in [-0.1, -0.05) is 26.8 Å². The Morgan fingerprint density at radius 2 is 2.06 bits per heavy atom. The summed E-state index contributed by atoms with van der Waals surface area (Å²) in [5, 5.41) is 2.84. The van der Waals surface area contributed by atoms with Crippen LogP contribution in [0.25, 0.3) is 0 Å². The van der Waals surface area contributed by atoms with Crippen molar-refractivity contribution in [3.05, 3.63) is 12.7 Å². The number of amides is 1. The second-order valence-corrected chi connectivity index (χ2v) is 5.25. The first-order chi connectivity index (χ1) is 7.41. The lowest BCUT2D eigenvalue weighted by Gasteiger charge is -2.32. The number of hydrogen-bond acceptors (Lipinski definition) is 1. The number of rotatable bonds is 8. The third-order valence-corrected chi connectivity index (χ3v) is 2.73. The number of nitrogens with zero attached hydrogens (tertiary/aromatic N) is 1. The lowest BCUT2D eigenvalue weighted by atomic mass is 10.1. The molecule has 0 aromatic heterocycles. The van der Waals surface area contributed by atoms with Gasteiger partial charge in [0.25, 0.3) is 0 Å². The zero-order valence-corrected chi connectivity index (χ0v) is 12.4. The van der Waals surface area contributed by atoms with Crippen LogP contribution in [0.1, 0.15) is 26.7 Å². The topological polar surface area (TPSA) is 29.1 Å². The molecule has 1 N–H and O–H groups in total. The minimum atomic E-state index is -0.0780. The zero-order chi connectivity index (χ0) is 12.6. The van der Waals surface area contributed by atoms with E-state index in [1.165, 1.54) is 25.5 Å². The Morgan fingerprint density at radius 1 is 1.47 bits per heavy atom. The molecular formula is C13H27ClN2O. The Balaban J connectivity index is 0. The van der Waals surface area contributed by atoms with Gasteiger partial charge in [-0.3, -0.25) is 4.79 Å². The Morgan fingerprint density at radius 3 is 2.53 bits per heavy atom. The van der Waals surface area contributed by atoms with E-state index in [0.717, 1.165) is 17.6 Å². The molecule has 17 heavy (non-hydrogen) atoms. The van der Waals surface area contributed by atoms with Gasteiger partial charge >= 0.3 is 0 Å². The second-order valence-electron chi connectivity index (χ2n) is 5.25. The van der Waals surface area contributed by atoms with Crippen molar-refractivity contribution < 1.29 is 21.7 Å². The molecule has 0 aliphatic carbocycles. The van der Waals surface area contributed by atoms with Crippen molar-refractivity contribution in [3.63, 3.8) is 0 Å². The van der Waals surface area contributed by atoms with Crippen LogP contribution in [0.3, 0.4) is 0 Å². The van der Waals surface area contributed by atoms with Crippen LogP contribution in [-0.2, 0) is 4.79 Å². The molecule has 1 unspecified atom stereocenters.